The van der Waals surface area contributed by atoms with Crippen molar-refractivity contribution in [1.29, 1.82) is 0 Å². The van der Waals surface area contributed by atoms with Gasteiger partial charge in [-0.05, 0) is 36.8 Å². The first-order chi connectivity index (χ1) is 11.6. The van der Waals surface area contributed by atoms with E-state index in [1.165, 1.54) is 0 Å². The van der Waals surface area contributed by atoms with Gasteiger partial charge in [-0.25, -0.2) is 4.68 Å². The van der Waals surface area contributed by atoms with Crippen LogP contribution in [-0.4, -0.2) is 38.0 Å². The van der Waals surface area contributed by atoms with Crippen LogP contribution in [0.2, 0.25) is 0 Å². The standard InChI is InChI=1S/C17H18N4O3/c22-15(19-13-7-12-8-17(12,9-13)16(23)24)14-4-2-1-3-11(14)10-21-6-5-18-20-21/h1-6,12-13H,7-10H2,(H,19,22)(H,23,24)/t12-,13+,17+/m1/s1. The molecule has 0 bridgehead atoms. The van der Waals surface area contributed by atoms with Gasteiger partial charge in [-0.2, -0.15) is 0 Å². The fourth-order valence-electron chi connectivity index (χ4n) is 3.90. The van der Waals surface area contributed by atoms with Crippen LogP contribution < -0.4 is 5.32 Å². The molecule has 2 aliphatic carbocycles. The molecule has 2 aliphatic rings. The first-order valence-corrected chi connectivity index (χ1v) is 8.05. The molecule has 0 saturated heterocycles. The number of amides is 1. The Morgan fingerprint density at radius 1 is 1.33 bits per heavy atom. The molecule has 124 valence electrons. The molecule has 4 rings (SSSR count). The predicted octanol–water partition coefficient (Wildman–Crippen LogP) is 1.31. The molecule has 1 aromatic heterocycles. The summed E-state index contributed by atoms with van der Waals surface area (Å²) in [6, 6.07) is 7.32. The fourth-order valence-corrected chi connectivity index (χ4v) is 3.90. The van der Waals surface area contributed by atoms with Crippen LogP contribution in [-0.2, 0) is 11.3 Å². The molecule has 7 nitrogen and oxygen atoms in total. The zero-order valence-corrected chi connectivity index (χ0v) is 13.1. The Morgan fingerprint density at radius 2 is 2.17 bits per heavy atom. The number of nitrogens with one attached hydrogen (secondary N) is 1. The largest absolute Gasteiger partial charge is 0.481 e. The number of rotatable bonds is 5. The van der Waals surface area contributed by atoms with Crippen LogP contribution in [0, 0.1) is 11.3 Å². The van der Waals surface area contributed by atoms with E-state index in [0.29, 0.717) is 18.5 Å². The van der Waals surface area contributed by atoms with Crippen LogP contribution in [0.4, 0.5) is 0 Å². The Bertz CT molecular complexity index is 789. The number of hydrogen-bond acceptors (Lipinski definition) is 4. The van der Waals surface area contributed by atoms with Crippen molar-refractivity contribution in [2.24, 2.45) is 11.3 Å². The summed E-state index contributed by atoms with van der Waals surface area (Å²) in [7, 11) is 0. The number of carbonyl (C=O) groups is 2. The summed E-state index contributed by atoms with van der Waals surface area (Å²) in [4.78, 5) is 24.0. The number of fused-ring (bicyclic) bond motifs is 1. The molecule has 7 heteroatoms. The van der Waals surface area contributed by atoms with E-state index in [0.717, 1.165) is 18.4 Å². The molecule has 3 atom stereocenters. The minimum atomic E-state index is -0.726. The van der Waals surface area contributed by atoms with Gasteiger partial charge in [0.1, 0.15) is 0 Å². The lowest BCUT2D eigenvalue weighted by Crippen LogP contribution is -2.35. The molecule has 0 aliphatic heterocycles. The number of nitrogens with zero attached hydrogens (tertiary/aromatic N) is 3. The number of aliphatic carboxylic acids is 1. The molecule has 2 N–H and O–H groups in total. The van der Waals surface area contributed by atoms with Gasteiger partial charge in [-0.15, -0.1) is 5.10 Å². The first kappa shape index (κ1) is 14.9. The molecule has 0 radical (unpaired) electrons. The molecule has 1 aromatic carbocycles. The quantitative estimate of drug-likeness (QED) is 0.863. The summed E-state index contributed by atoms with van der Waals surface area (Å²) in [6.45, 7) is 0.468. The maximum absolute atomic E-state index is 12.6. The van der Waals surface area contributed by atoms with Crippen LogP contribution in [0.25, 0.3) is 0 Å². The molecule has 2 aromatic rings. The fraction of sp³-hybridized carbons (Fsp3) is 0.412. The summed E-state index contributed by atoms with van der Waals surface area (Å²) in [5.41, 5.74) is 0.868. The maximum atomic E-state index is 12.6. The minimum Gasteiger partial charge on any atom is -0.481 e. The van der Waals surface area contributed by atoms with Crippen LogP contribution >= 0.6 is 0 Å². The monoisotopic (exact) mass is 326 g/mol. The smallest absolute Gasteiger partial charge is 0.310 e. The third kappa shape index (κ3) is 2.46. The Labute approximate surface area is 138 Å². The van der Waals surface area contributed by atoms with Gasteiger partial charge in [-0.1, -0.05) is 23.4 Å². The van der Waals surface area contributed by atoms with Gasteiger partial charge in [0.25, 0.3) is 5.91 Å². The van der Waals surface area contributed by atoms with Crippen molar-refractivity contribution in [3.63, 3.8) is 0 Å². The van der Waals surface area contributed by atoms with E-state index in [2.05, 4.69) is 15.6 Å². The molecule has 2 saturated carbocycles. The van der Waals surface area contributed by atoms with E-state index in [4.69, 9.17) is 0 Å². The summed E-state index contributed by atoms with van der Waals surface area (Å²) >= 11 is 0. The number of carboxylic acid groups (broad SMARTS) is 1. The predicted molar refractivity (Wildman–Crippen MR) is 84.2 cm³/mol. The summed E-state index contributed by atoms with van der Waals surface area (Å²) in [5.74, 6) is -0.668. The third-order valence-electron chi connectivity index (χ3n) is 5.24. The van der Waals surface area contributed by atoms with Gasteiger partial charge in [0, 0.05) is 17.8 Å². The molecule has 1 heterocycles. The van der Waals surface area contributed by atoms with Crippen LogP contribution in [0.1, 0.15) is 35.2 Å². The maximum Gasteiger partial charge on any atom is 0.310 e. The Balaban J connectivity index is 1.47. The van der Waals surface area contributed by atoms with Gasteiger partial charge in [-0.3, -0.25) is 9.59 Å². The Morgan fingerprint density at radius 3 is 2.88 bits per heavy atom. The number of aromatic nitrogens is 3. The number of hydrogen-bond donors (Lipinski definition) is 2. The van der Waals surface area contributed by atoms with Crippen molar-refractivity contribution in [2.75, 3.05) is 0 Å². The number of carboxylic acids is 1. The average molecular weight is 326 g/mol. The van der Waals surface area contributed by atoms with Crippen molar-refractivity contribution in [1.82, 2.24) is 20.3 Å². The van der Waals surface area contributed by atoms with E-state index in [1.807, 2.05) is 18.2 Å². The van der Waals surface area contributed by atoms with Crippen molar-refractivity contribution < 1.29 is 14.7 Å². The molecule has 24 heavy (non-hydrogen) atoms. The Hall–Kier alpha value is -2.70. The second-order valence-electron chi connectivity index (χ2n) is 6.73. The van der Waals surface area contributed by atoms with Crippen LogP contribution in [0.3, 0.4) is 0 Å². The molecular formula is C17H18N4O3. The summed E-state index contributed by atoms with van der Waals surface area (Å²) in [6.07, 6.45) is 5.37. The van der Waals surface area contributed by atoms with Gasteiger partial charge in [0.2, 0.25) is 0 Å². The molecule has 2 fully saturated rings. The van der Waals surface area contributed by atoms with Crippen molar-refractivity contribution in [2.45, 2.75) is 31.8 Å². The first-order valence-electron chi connectivity index (χ1n) is 8.05. The highest BCUT2D eigenvalue weighted by Gasteiger charge is 2.65. The molecular weight excluding hydrogens is 308 g/mol. The summed E-state index contributed by atoms with van der Waals surface area (Å²) in [5, 5.41) is 20.1. The van der Waals surface area contributed by atoms with Gasteiger partial charge in [0.05, 0.1) is 18.2 Å². The number of benzene rings is 1. The number of carbonyl (C=O) groups excluding carboxylic acids is 1. The lowest BCUT2D eigenvalue weighted by atomic mass is 10.0. The second kappa shape index (κ2) is 5.43. The van der Waals surface area contributed by atoms with Crippen molar-refractivity contribution in [3.05, 3.63) is 47.8 Å². The lowest BCUT2D eigenvalue weighted by molar-refractivity contribution is -0.143. The molecule has 0 unspecified atom stereocenters. The average Bonchev–Trinajstić information content (AvgIpc) is 2.92. The highest BCUT2D eigenvalue weighted by Crippen LogP contribution is 2.63. The zero-order valence-electron chi connectivity index (χ0n) is 13.1. The molecule has 1 amide bonds. The zero-order chi connectivity index (χ0) is 16.7. The van der Waals surface area contributed by atoms with Gasteiger partial charge < -0.3 is 10.4 Å². The van der Waals surface area contributed by atoms with E-state index < -0.39 is 11.4 Å². The lowest BCUT2D eigenvalue weighted by Gasteiger charge is -2.17. The van der Waals surface area contributed by atoms with Crippen LogP contribution in [0.5, 0.6) is 0 Å². The van der Waals surface area contributed by atoms with Gasteiger partial charge >= 0.3 is 5.97 Å². The summed E-state index contributed by atoms with van der Waals surface area (Å²) < 4.78 is 1.66. The van der Waals surface area contributed by atoms with E-state index in [9.17, 15) is 14.7 Å². The van der Waals surface area contributed by atoms with E-state index >= 15 is 0 Å². The van der Waals surface area contributed by atoms with Crippen molar-refractivity contribution >= 4 is 11.9 Å². The SMILES string of the molecule is O=C(N[C@H]1C[C@@H]2C[C@]2(C(=O)O)C1)c1ccccc1Cn1ccnn1. The van der Waals surface area contributed by atoms with E-state index in [-0.39, 0.29) is 17.9 Å². The molecule has 0 spiro atoms. The topological polar surface area (TPSA) is 97.1 Å². The van der Waals surface area contributed by atoms with Crippen LogP contribution in [0.15, 0.2) is 36.7 Å². The third-order valence-corrected chi connectivity index (χ3v) is 5.24. The highest BCUT2D eigenvalue weighted by atomic mass is 16.4. The van der Waals surface area contributed by atoms with E-state index in [1.54, 1.807) is 23.1 Å². The second-order valence-corrected chi connectivity index (χ2v) is 6.73. The normalized spacial score (nSPS) is 27.5. The highest BCUT2D eigenvalue weighted by molar-refractivity contribution is 5.96. The minimum absolute atomic E-state index is 0.0632. The Kier molecular flexibility index (Phi) is 3.37. The van der Waals surface area contributed by atoms with Crippen molar-refractivity contribution in [3.8, 4) is 0 Å². The van der Waals surface area contributed by atoms with Gasteiger partial charge in [0.15, 0.2) is 0 Å².